The maximum Gasteiger partial charge on any atom is 0.339 e. The van der Waals surface area contributed by atoms with Crippen molar-refractivity contribution in [3.8, 4) is 0 Å². The van der Waals surface area contributed by atoms with E-state index in [1.165, 1.54) is 7.11 Å². The van der Waals surface area contributed by atoms with Crippen molar-refractivity contribution in [1.29, 1.82) is 0 Å². The second-order valence-electron chi connectivity index (χ2n) is 2.76. The van der Waals surface area contributed by atoms with Crippen LogP contribution in [0.3, 0.4) is 0 Å². The van der Waals surface area contributed by atoms with Gasteiger partial charge in [0, 0.05) is 16.3 Å². The van der Waals surface area contributed by atoms with Gasteiger partial charge in [-0.3, -0.25) is 0 Å². The number of rotatable bonds is 2. The molecule has 4 heteroatoms. The second kappa shape index (κ2) is 3.89. The van der Waals surface area contributed by atoms with Crippen LogP contribution in [0.1, 0.15) is 25.7 Å². The maximum atomic E-state index is 11.4. The topological polar surface area (TPSA) is 52.3 Å². The van der Waals surface area contributed by atoms with Crippen LogP contribution in [0, 0.1) is 13.8 Å². The van der Waals surface area contributed by atoms with Gasteiger partial charge in [0.25, 0.3) is 0 Å². The van der Waals surface area contributed by atoms with Crippen molar-refractivity contribution in [2.75, 3.05) is 7.11 Å². The molecule has 72 valence electrons. The Balaban J connectivity index is 3.24. The van der Waals surface area contributed by atoms with Crippen molar-refractivity contribution in [1.82, 2.24) is 0 Å². The Morgan fingerprint density at radius 1 is 1.46 bits per heavy atom. The molecule has 1 aromatic rings. The smallest absolute Gasteiger partial charge is 0.339 e. The van der Waals surface area contributed by atoms with Gasteiger partial charge in [0.2, 0.25) is 0 Å². The van der Waals surface area contributed by atoms with E-state index in [4.69, 9.17) is 5.73 Å². The highest BCUT2D eigenvalue weighted by Crippen LogP contribution is 2.27. The number of ether oxygens (including phenoxy) is 1. The van der Waals surface area contributed by atoms with Crippen molar-refractivity contribution < 1.29 is 9.53 Å². The zero-order valence-corrected chi connectivity index (χ0v) is 8.83. The summed E-state index contributed by atoms with van der Waals surface area (Å²) in [6, 6.07) is 0. The van der Waals surface area contributed by atoms with Crippen LogP contribution in [0.15, 0.2) is 0 Å². The molecule has 0 aliphatic heterocycles. The van der Waals surface area contributed by atoms with Gasteiger partial charge in [-0.2, -0.15) is 0 Å². The van der Waals surface area contributed by atoms with Gasteiger partial charge in [-0.1, -0.05) is 0 Å². The van der Waals surface area contributed by atoms with Crippen molar-refractivity contribution in [3.05, 3.63) is 20.9 Å². The van der Waals surface area contributed by atoms with Gasteiger partial charge in [0.1, 0.15) is 0 Å². The first-order chi connectivity index (χ1) is 6.11. The number of nitrogens with two attached hydrogens (primary N) is 1. The molecule has 0 saturated heterocycles. The van der Waals surface area contributed by atoms with E-state index >= 15 is 0 Å². The zero-order valence-electron chi connectivity index (χ0n) is 8.01. The lowest BCUT2D eigenvalue weighted by molar-refractivity contribution is 0.0599. The lowest BCUT2D eigenvalue weighted by atomic mass is 10.1. The molecule has 0 aliphatic rings. The first-order valence-corrected chi connectivity index (χ1v) is 4.80. The maximum absolute atomic E-state index is 11.4. The van der Waals surface area contributed by atoms with Gasteiger partial charge < -0.3 is 10.5 Å². The molecule has 0 spiro atoms. The third kappa shape index (κ3) is 1.73. The molecular weight excluding hydrogens is 186 g/mol. The van der Waals surface area contributed by atoms with E-state index in [1.807, 2.05) is 13.8 Å². The highest BCUT2D eigenvalue weighted by atomic mass is 32.1. The number of thiophene rings is 1. The summed E-state index contributed by atoms with van der Waals surface area (Å²) >= 11 is 1.58. The Bertz CT molecular complexity index is 331. The number of esters is 1. The summed E-state index contributed by atoms with van der Waals surface area (Å²) in [5, 5.41) is 0. The fraction of sp³-hybridized carbons (Fsp3) is 0.444. The number of hydrogen-bond donors (Lipinski definition) is 1. The fourth-order valence-corrected chi connectivity index (χ4v) is 2.42. The van der Waals surface area contributed by atoms with Gasteiger partial charge in [0.15, 0.2) is 0 Å². The highest BCUT2D eigenvalue weighted by molar-refractivity contribution is 7.12. The molecular formula is C9H13NO2S. The summed E-state index contributed by atoms with van der Waals surface area (Å²) < 4.78 is 4.69. The minimum Gasteiger partial charge on any atom is -0.465 e. The zero-order chi connectivity index (χ0) is 10.0. The number of hydrogen-bond acceptors (Lipinski definition) is 4. The molecule has 1 heterocycles. The van der Waals surface area contributed by atoms with E-state index in [0.717, 1.165) is 15.3 Å². The minimum atomic E-state index is -0.290. The van der Waals surface area contributed by atoms with Crippen molar-refractivity contribution >= 4 is 17.3 Å². The quantitative estimate of drug-likeness (QED) is 0.736. The van der Waals surface area contributed by atoms with E-state index in [0.29, 0.717) is 12.1 Å². The van der Waals surface area contributed by atoms with Crippen molar-refractivity contribution in [2.45, 2.75) is 20.4 Å². The molecule has 0 aliphatic carbocycles. The molecule has 13 heavy (non-hydrogen) atoms. The molecule has 0 saturated carbocycles. The number of carbonyl (C=O) groups excluding carboxylic acids is 1. The van der Waals surface area contributed by atoms with E-state index in [2.05, 4.69) is 4.74 Å². The van der Waals surface area contributed by atoms with Gasteiger partial charge in [0.05, 0.1) is 12.7 Å². The van der Waals surface area contributed by atoms with Crippen LogP contribution in [0.5, 0.6) is 0 Å². The lowest BCUT2D eigenvalue weighted by Crippen LogP contribution is -2.08. The summed E-state index contributed by atoms with van der Waals surface area (Å²) in [4.78, 5) is 13.4. The summed E-state index contributed by atoms with van der Waals surface area (Å²) in [5.74, 6) is -0.290. The predicted molar refractivity (Wildman–Crippen MR) is 53.0 cm³/mol. The lowest BCUT2D eigenvalue weighted by Gasteiger charge is -2.01. The molecule has 0 aromatic carbocycles. The van der Waals surface area contributed by atoms with E-state index in [-0.39, 0.29) is 5.97 Å². The van der Waals surface area contributed by atoms with Crippen molar-refractivity contribution in [2.24, 2.45) is 5.73 Å². The van der Waals surface area contributed by atoms with Gasteiger partial charge in [-0.25, -0.2) is 4.79 Å². The van der Waals surface area contributed by atoms with E-state index in [1.54, 1.807) is 11.3 Å². The molecule has 0 amide bonds. The molecule has 0 bridgehead atoms. The Morgan fingerprint density at radius 3 is 2.54 bits per heavy atom. The van der Waals surface area contributed by atoms with Gasteiger partial charge >= 0.3 is 5.97 Å². The van der Waals surface area contributed by atoms with Crippen LogP contribution in [0.25, 0.3) is 0 Å². The van der Waals surface area contributed by atoms with Crippen LogP contribution in [0.2, 0.25) is 0 Å². The Kier molecular flexibility index (Phi) is 3.06. The molecule has 1 aromatic heterocycles. The van der Waals surface area contributed by atoms with Crippen LogP contribution in [-0.2, 0) is 11.3 Å². The molecule has 2 N–H and O–H groups in total. The average molecular weight is 199 g/mol. The summed E-state index contributed by atoms with van der Waals surface area (Å²) in [5.41, 5.74) is 7.11. The van der Waals surface area contributed by atoms with Crippen LogP contribution >= 0.6 is 11.3 Å². The molecule has 0 fully saturated rings. The Labute approximate surface area is 81.5 Å². The van der Waals surface area contributed by atoms with E-state index in [9.17, 15) is 4.79 Å². The largest absolute Gasteiger partial charge is 0.465 e. The van der Waals surface area contributed by atoms with Gasteiger partial charge in [-0.15, -0.1) is 11.3 Å². The Morgan fingerprint density at radius 2 is 2.08 bits per heavy atom. The Hall–Kier alpha value is -0.870. The third-order valence-corrected chi connectivity index (χ3v) is 3.04. The highest BCUT2D eigenvalue weighted by Gasteiger charge is 2.18. The number of methoxy groups -OCH3 is 1. The first kappa shape index (κ1) is 10.2. The fourth-order valence-electron chi connectivity index (χ4n) is 1.35. The summed E-state index contributed by atoms with van der Waals surface area (Å²) in [7, 11) is 1.38. The minimum absolute atomic E-state index is 0.290. The third-order valence-electron chi connectivity index (χ3n) is 1.98. The molecule has 0 unspecified atom stereocenters. The molecule has 1 rings (SSSR count). The van der Waals surface area contributed by atoms with Crippen LogP contribution < -0.4 is 5.73 Å². The number of carbonyl (C=O) groups is 1. The SMILES string of the molecule is COC(=O)c1c(C)sc(C)c1CN. The van der Waals surface area contributed by atoms with Crippen LogP contribution in [0.4, 0.5) is 0 Å². The van der Waals surface area contributed by atoms with Crippen LogP contribution in [-0.4, -0.2) is 13.1 Å². The molecule has 0 atom stereocenters. The normalized spacial score (nSPS) is 10.2. The monoisotopic (exact) mass is 199 g/mol. The first-order valence-electron chi connectivity index (χ1n) is 3.99. The molecule has 3 nitrogen and oxygen atoms in total. The second-order valence-corrected chi connectivity index (χ2v) is 4.19. The summed E-state index contributed by atoms with van der Waals surface area (Å²) in [6.45, 7) is 4.26. The number of aryl methyl sites for hydroxylation is 2. The van der Waals surface area contributed by atoms with E-state index < -0.39 is 0 Å². The predicted octanol–water partition coefficient (Wildman–Crippen LogP) is 1.61. The van der Waals surface area contributed by atoms with Gasteiger partial charge in [-0.05, 0) is 19.4 Å². The summed E-state index contributed by atoms with van der Waals surface area (Å²) in [6.07, 6.45) is 0. The van der Waals surface area contributed by atoms with Crippen molar-refractivity contribution in [3.63, 3.8) is 0 Å². The molecule has 0 radical (unpaired) electrons. The average Bonchev–Trinajstić information content (AvgIpc) is 2.39. The standard InChI is InChI=1S/C9H13NO2S/c1-5-7(4-10)8(6(2)13-5)9(11)12-3/h4,10H2,1-3H3.